The van der Waals surface area contributed by atoms with Crippen molar-refractivity contribution in [1.82, 2.24) is 14.8 Å². The average Bonchev–Trinajstić information content (AvgIpc) is 3.14. The Kier molecular flexibility index (Phi) is 4.59. The van der Waals surface area contributed by atoms with Gasteiger partial charge in [-0.05, 0) is 36.2 Å². The number of aromatic amines is 2. The lowest BCUT2D eigenvalue weighted by Gasteiger charge is -2.17. The van der Waals surface area contributed by atoms with E-state index in [-0.39, 0.29) is 16.6 Å². The number of thiol groups is 1. The van der Waals surface area contributed by atoms with Crippen LogP contribution in [0.25, 0.3) is 16.7 Å². The summed E-state index contributed by atoms with van der Waals surface area (Å²) in [5, 5.41) is 2.71. The van der Waals surface area contributed by atoms with Gasteiger partial charge < -0.3 is 9.72 Å². The van der Waals surface area contributed by atoms with Crippen molar-refractivity contribution < 1.29 is 17.9 Å². The molecule has 0 bridgehead atoms. The maximum Gasteiger partial charge on any atom is 0.422 e. The van der Waals surface area contributed by atoms with Crippen LogP contribution in [-0.4, -0.2) is 27.5 Å². The summed E-state index contributed by atoms with van der Waals surface area (Å²) in [6, 6.07) is 6.18. The minimum atomic E-state index is -4.42. The number of alkyl halides is 3. The highest BCUT2D eigenvalue weighted by Crippen LogP contribution is 2.32. The second-order valence-electron chi connectivity index (χ2n) is 5.57. The largest absolute Gasteiger partial charge is 0.484 e. The molecule has 1 unspecified atom stereocenters. The Labute approximate surface area is 146 Å². The summed E-state index contributed by atoms with van der Waals surface area (Å²) < 4.78 is 43.2. The van der Waals surface area contributed by atoms with Gasteiger partial charge in [0.1, 0.15) is 11.3 Å². The van der Waals surface area contributed by atoms with E-state index in [4.69, 9.17) is 4.74 Å². The van der Waals surface area contributed by atoms with Gasteiger partial charge in [-0.2, -0.15) is 25.8 Å². The van der Waals surface area contributed by atoms with Crippen LogP contribution in [0.3, 0.4) is 0 Å². The topological polar surface area (TPSA) is 62.8 Å². The Balaban J connectivity index is 2.05. The summed E-state index contributed by atoms with van der Waals surface area (Å²) in [5.74, 6) is 0.0775. The molecule has 0 saturated carbocycles. The van der Waals surface area contributed by atoms with Crippen LogP contribution >= 0.6 is 12.6 Å². The SMILES string of the molecule is CCC(S)c1cc(OCC(F)(F)F)ccc1-n1[nH]c2cc[nH]c2c1=O. The first-order valence-corrected chi connectivity index (χ1v) is 8.12. The van der Waals surface area contributed by atoms with Gasteiger partial charge in [-0.25, -0.2) is 4.68 Å². The first-order chi connectivity index (χ1) is 11.8. The van der Waals surface area contributed by atoms with Crippen LogP contribution in [0.4, 0.5) is 13.2 Å². The molecular formula is C16H16F3N3O2S. The van der Waals surface area contributed by atoms with E-state index in [1.165, 1.54) is 16.8 Å². The first-order valence-electron chi connectivity index (χ1n) is 7.60. The summed E-state index contributed by atoms with van der Waals surface area (Å²) in [5.41, 5.74) is 1.92. The van der Waals surface area contributed by atoms with Crippen molar-refractivity contribution in [3.63, 3.8) is 0 Å². The van der Waals surface area contributed by atoms with Gasteiger partial charge in [0.15, 0.2) is 6.61 Å². The molecule has 0 spiro atoms. The molecular weight excluding hydrogens is 355 g/mol. The highest BCUT2D eigenvalue weighted by Gasteiger charge is 2.28. The summed E-state index contributed by atoms with van der Waals surface area (Å²) >= 11 is 4.48. The summed E-state index contributed by atoms with van der Waals surface area (Å²) in [6.45, 7) is 0.521. The zero-order valence-electron chi connectivity index (χ0n) is 13.2. The Hall–Kier alpha value is -2.29. The molecule has 9 heteroatoms. The number of halogens is 3. The zero-order valence-corrected chi connectivity index (χ0v) is 14.1. The number of nitrogens with zero attached hydrogens (tertiary/aromatic N) is 1. The number of ether oxygens (including phenoxy) is 1. The van der Waals surface area contributed by atoms with Crippen LogP contribution in [0, 0.1) is 0 Å². The molecule has 0 amide bonds. The van der Waals surface area contributed by atoms with Crippen molar-refractivity contribution in [1.29, 1.82) is 0 Å². The van der Waals surface area contributed by atoms with Crippen molar-refractivity contribution in [3.05, 3.63) is 46.4 Å². The fourth-order valence-corrected chi connectivity index (χ4v) is 2.78. The van der Waals surface area contributed by atoms with Gasteiger partial charge in [-0.15, -0.1) is 0 Å². The van der Waals surface area contributed by atoms with Crippen LogP contribution in [0.15, 0.2) is 35.3 Å². The molecule has 25 heavy (non-hydrogen) atoms. The molecule has 0 aliphatic carbocycles. The van der Waals surface area contributed by atoms with E-state index in [0.717, 1.165) is 0 Å². The molecule has 2 aromatic heterocycles. The van der Waals surface area contributed by atoms with Crippen LogP contribution in [-0.2, 0) is 0 Å². The number of hydrogen-bond donors (Lipinski definition) is 3. The third kappa shape index (κ3) is 3.55. The van der Waals surface area contributed by atoms with E-state index in [0.29, 0.717) is 28.7 Å². The standard InChI is InChI=1S/C16H16F3N3O2S/c1-2-13(25)10-7-9(24-8-16(17,18)19)3-4-12(10)22-15(23)14-11(21-22)5-6-20-14/h3-7,13,20-21,25H,2,8H2,1H3. The van der Waals surface area contributed by atoms with E-state index in [9.17, 15) is 18.0 Å². The quantitative estimate of drug-likeness (QED) is 0.595. The molecule has 0 saturated heterocycles. The molecule has 134 valence electrons. The second kappa shape index (κ2) is 6.55. The Morgan fingerprint density at radius 3 is 2.72 bits per heavy atom. The Morgan fingerprint density at radius 1 is 1.32 bits per heavy atom. The lowest BCUT2D eigenvalue weighted by molar-refractivity contribution is -0.153. The van der Waals surface area contributed by atoms with Crippen LogP contribution in [0.2, 0.25) is 0 Å². The van der Waals surface area contributed by atoms with Gasteiger partial charge in [0, 0.05) is 11.4 Å². The average molecular weight is 371 g/mol. The molecule has 2 N–H and O–H groups in total. The third-order valence-electron chi connectivity index (χ3n) is 3.78. The minimum Gasteiger partial charge on any atom is -0.484 e. The third-order valence-corrected chi connectivity index (χ3v) is 4.43. The number of rotatable bonds is 5. The molecule has 0 aliphatic rings. The van der Waals surface area contributed by atoms with Crippen LogP contribution in [0.5, 0.6) is 5.75 Å². The summed E-state index contributed by atoms with van der Waals surface area (Å²) in [4.78, 5) is 15.3. The first kappa shape index (κ1) is 17.5. The van der Waals surface area contributed by atoms with Crippen molar-refractivity contribution >= 4 is 23.7 Å². The fraction of sp³-hybridized carbons (Fsp3) is 0.312. The molecule has 3 rings (SSSR count). The Morgan fingerprint density at radius 2 is 2.08 bits per heavy atom. The highest BCUT2D eigenvalue weighted by atomic mass is 32.1. The van der Waals surface area contributed by atoms with Gasteiger partial charge in [0.05, 0.1) is 11.2 Å². The molecule has 0 fully saturated rings. The lowest BCUT2D eigenvalue weighted by atomic mass is 10.1. The van der Waals surface area contributed by atoms with Gasteiger partial charge in [-0.1, -0.05) is 6.92 Å². The van der Waals surface area contributed by atoms with E-state index in [1.807, 2.05) is 6.92 Å². The van der Waals surface area contributed by atoms with Crippen molar-refractivity contribution in [3.8, 4) is 11.4 Å². The molecule has 0 radical (unpaired) electrons. The van der Waals surface area contributed by atoms with E-state index < -0.39 is 12.8 Å². The van der Waals surface area contributed by atoms with Crippen molar-refractivity contribution in [2.24, 2.45) is 0 Å². The van der Waals surface area contributed by atoms with Crippen LogP contribution in [0.1, 0.15) is 24.2 Å². The van der Waals surface area contributed by atoms with E-state index in [1.54, 1.807) is 18.3 Å². The molecule has 1 aromatic carbocycles. The number of aromatic nitrogens is 3. The van der Waals surface area contributed by atoms with Gasteiger partial charge in [0.25, 0.3) is 5.56 Å². The minimum absolute atomic E-state index is 0.0775. The number of hydrogen-bond acceptors (Lipinski definition) is 3. The zero-order chi connectivity index (χ0) is 18.2. The van der Waals surface area contributed by atoms with Crippen LogP contribution < -0.4 is 10.3 Å². The number of benzene rings is 1. The van der Waals surface area contributed by atoms with E-state index in [2.05, 4.69) is 22.7 Å². The molecule has 5 nitrogen and oxygen atoms in total. The van der Waals surface area contributed by atoms with Gasteiger partial charge >= 0.3 is 6.18 Å². The maximum absolute atomic E-state index is 12.5. The smallest absolute Gasteiger partial charge is 0.422 e. The lowest BCUT2D eigenvalue weighted by Crippen LogP contribution is -2.20. The molecule has 1 atom stereocenters. The number of fused-ring (bicyclic) bond motifs is 1. The van der Waals surface area contributed by atoms with Crippen molar-refractivity contribution in [2.45, 2.75) is 24.8 Å². The van der Waals surface area contributed by atoms with Gasteiger partial charge in [0.2, 0.25) is 0 Å². The number of nitrogens with one attached hydrogen (secondary N) is 2. The monoisotopic (exact) mass is 371 g/mol. The summed E-state index contributed by atoms with van der Waals surface area (Å²) in [6.07, 6.45) is -2.14. The molecule has 2 heterocycles. The van der Waals surface area contributed by atoms with E-state index >= 15 is 0 Å². The predicted molar refractivity (Wildman–Crippen MR) is 91.8 cm³/mol. The van der Waals surface area contributed by atoms with Crippen molar-refractivity contribution in [2.75, 3.05) is 6.61 Å². The Bertz CT molecular complexity index is 942. The summed E-state index contributed by atoms with van der Waals surface area (Å²) in [7, 11) is 0. The maximum atomic E-state index is 12.5. The van der Waals surface area contributed by atoms with Gasteiger partial charge in [-0.3, -0.25) is 9.89 Å². The normalized spacial score (nSPS) is 13.3. The predicted octanol–water partition coefficient (Wildman–Crippen LogP) is 3.97. The highest BCUT2D eigenvalue weighted by molar-refractivity contribution is 7.80. The molecule has 0 aliphatic heterocycles. The second-order valence-corrected chi connectivity index (χ2v) is 6.19. The number of H-pyrrole nitrogens is 2. The fourth-order valence-electron chi connectivity index (χ4n) is 2.57. The molecule has 3 aromatic rings.